The maximum absolute atomic E-state index is 5.60. The smallest absolute Gasteiger partial charge is 0.106 e. The molecule has 3 heteroatoms. The van der Waals surface area contributed by atoms with Gasteiger partial charge in [-0.2, -0.15) is 0 Å². The number of aryl methyl sites for hydroxylation is 2. The number of nitrogens with zero attached hydrogens (tertiary/aromatic N) is 2. The minimum Gasteiger partial charge on any atom is -0.332 e. The van der Waals surface area contributed by atoms with Crippen LogP contribution in [0.2, 0.25) is 0 Å². The van der Waals surface area contributed by atoms with Gasteiger partial charge in [0.15, 0.2) is 0 Å². The lowest BCUT2D eigenvalue weighted by Crippen LogP contribution is -2.23. The number of aromatic nitrogens is 2. The topological polar surface area (TPSA) is 43.8 Å². The molecule has 2 N–H and O–H groups in total. The zero-order valence-corrected chi connectivity index (χ0v) is 9.08. The normalized spacial score (nSPS) is 20.9. The molecule has 0 aliphatic carbocycles. The van der Waals surface area contributed by atoms with Gasteiger partial charge in [0.1, 0.15) is 5.82 Å². The molecule has 0 amide bonds. The highest BCUT2D eigenvalue weighted by molar-refractivity contribution is 5.17. The molecule has 0 fully saturated rings. The molecule has 0 spiro atoms. The lowest BCUT2D eigenvalue weighted by Gasteiger charge is -2.25. The van der Waals surface area contributed by atoms with Crippen LogP contribution in [0, 0.1) is 19.8 Å². The van der Waals surface area contributed by atoms with E-state index in [1.165, 1.54) is 30.1 Å². The third kappa shape index (κ3) is 1.57. The minimum absolute atomic E-state index is 0.764. The molecule has 0 aromatic carbocycles. The van der Waals surface area contributed by atoms with Crippen LogP contribution in [0.15, 0.2) is 0 Å². The number of rotatable bonds is 2. The molecule has 0 saturated heterocycles. The monoisotopic (exact) mass is 193 g/mol. The van der Waals surface area contributed by atoms with Crippen LogP contribution >= 0.6 is 0 Å². The summed E-state index contributed by atoms with van der Waals surface area (Å²) in [6.45, 7) is 6.15. The van der Waals surface area contributed by atoms with E-state index in [-0.39, 0.29) is 0 Å². The second-order valence-corrected chi connectivity index (χ2v) is 4.28. The Bertz CT molecular complexity index is 328. The fourth-order valence-corrected chi connectivity index (χ4v) is 2.48. The maximum Gasteiger partial charge on any atom is 0.106 e. The molecule has 0 saturated carbocycles. The van der Waals surface area contributed by atoms with E-state index in [2.05, 4.69) is 23.4 Å². The molecule has 3 nitrogen and oxygen atoms in total. The number of imidazole rings is 1. The van der Waals surface area contributed by atoms with E-state index >= 15 is 0 Å². The molecule has 1 unspecified atom stereocenters. The molecule has 1 atom stereocenters. The first-order valence-corrected chi connectivity index (χ1v) is 5.45. The van der Waals surface area contributed by atoms with Crippen LogP contribution in [0.3, 0.4) is 0 Å². The van der Waals surface area contributed by atoms with Crippen molar-refractivity contribution in [2.75, 3.05) is 6.54 Å². The summed E-state index contributed by atoms with van der Waals surface area (Å²) in [7, 11) is 0. The first-order chi connectivity index (χ1) is 6.72. The lowest BCUT2D eigenvalue weighted by molar-refractivity contribution is 0.348. The van der Waals surface area contributed by atoms with Crippen molar-refractivity contribution < 1.29 is 0 Å². The van der Waals surface area contributed by atoms with Crippen molar-refractivity contribution in [2.45, 2.75) is 39.7 Å². The molecule has 78 valence electrons. The van der Waals surface area contributed by atoms with Crippen LogP contribution in [-0.2, 0) is 13.0 Å². The highest BCUT2D eigenvalue weighted by Gasteiger charge is 2.21. The fourth-order valence-electron chi connectivity index (χ4n) is 2.48. The van der Waals surface area contributed by atoms with Gasteiger partial charge >= 0.3 is 0 Å². The summed E-state index contributed by atoms with van der Waals surface area (Å²) in [6, 6.07) is 0. The lowest BCUT2D eigenvalue weighted by atomic mass is 9.94. The Morgan fingerprint density at radius 2 is 2.29 bits per heavy atom. The summed E-state index contributed by atoms with van der Waals surface area (Å²) in [5.41, 5.74) is 8.25. The van der Waals surface area contributed by atoms with E-state index < -0.39 is 0 Å². The molecular weight excluding hydrogens is 174 g/mol. The predicted octanol–water partition coefficient (Wildman–Crippen LogP) is 1.41. The van der Waals surface area contributed by atoms with Crippen LogP contribution in [-0.4, -0.2) is 16.1 Å². The minimum atomic E-state index is 0.764. The fraction of sp³-hybridized carbons (Fsp3) is 0.727. The first-order valence-electron chi connectivity index (χ1n) is 5.45. The third-order valence-corrected chi connectivity index (χ3v) is 3.27. The number of nitrogens with two attached hydrogens (primary N) is 1. The molecule has 1 aliphatic heterocycles. The van der Waals surface area contributed by atoms with Gasteiger partial charge < -0.3 is 10.3 Å². The van der Waals surface area contributed by atoms with Gasteiger partial charge in [-0.1, -0.05) is 0 Å². The largest absolute Gasteiger partial charge is 0.332 e. The summed E-state index contributed by atoms with van der Waals surface area (Å²) < 4.78 is 2.37. The van der Waals surface area contributed by atoms with Crippen LogP contribution in [0.4, 0.5) is 0 Å². The Balaban J connectivity index is 2.21. The summed E-state index contributed by atoms with van der Waals surface area (Å²) in [5, 5.41) is 0. The summed E-state index contributed by atoms with van der Waals surface area (Å²) in [5.74, 6) is 1.93. The Morgan fingerprint density at radius 1 is 1.50 bits per heavy atom. The quantitative estimate of drug-likeness (QED) is 0.771. The average molecular weight is 193 g/mol. The molecule has 14 heavy (non-hydrogen) atoms. The third-order valence-electron chi connectivity index (χ3n) is 3.27. The van der Waals surface area contributed by atoms with Gasteiger partial charge in [-0.3, -0.25) is 0 Å². The van der Waals surface area contributed by atoms with Crippen molar-refractivity contribution in [2.24, 2.45) is 11.7 Å². The molecule has 2 heterocycles. The van der Waals surface area contributed by atoms with Crippen molar-refractivity contribution in [1.82, 2.24) is 9.55 Å². The molecule has 2 rings (SSSR count). The van der Waals surface area contributed by atoms with Crippen molar-refractivity contribution in [3.63, 3.8) is 0 Å². The second kappa shape index (κ2) is 3.73. The average Bonchev–Trinajstić information content (AvgIpc) is 2.43. The zero-order valence-electron chi connectivity index (χ0n) is 9.08. The van der Waals surface area contributed by atoms with Crippen molar-refractivity contribution in [3.8, 4) is 0 Å². The zero-order chi connectivity index (χ0) is 10.1. The van der Waals surface area contributed by atoms with Gasteiger partial charge in [-0.05, 0) is 45.6 Å². The number of hydrogen-bond donors (Lipinski definition) is 1. The standard InChI is InChI=1S/C11H19N3/c1-8-11-4-3-10(5-6-12)7-14(11)9(2)13-8/h10H,3-7,12H2,1-2H3. The molecule has 0 bridgehead atoms. The molecular formula is C11H19N3. The van der Waals surface area contributed by atoms with Gasteiger partial charge in [0.05, 0.1) is 5.69 Å². The summed E-state index contributed by atoms with van der Waals surface area (Å²) >= 11 is 0. The number of fused-ring (bicyclic) bond motifs is 1. The predicted molar refractivity (Wildman–Crippen MR) is 57.2 cm³/mol. The van der Waals surface area contributed by atoms with Gasteiger partial charge in [0.25, 0.3) is 0 Å². The van der Waals surface area contributed by atoms with Crippen LogP contribution < -0.4 is 5.73 Å². The SMILES string of the molecule is Cc1nc(C)n2c1CCC(CCN)C2. The van der Waals surface area contributed by atoms with E-state index in [0.29, 0.717) is 0 Å². The van der Waals surface area contributed by atoms with Gasteiger partial charge in [0, 0.05) is 12.2 Å². The summed E-state index contributed by atoms with van der Waals surface area (Å²) in [6.07, 6.45) is 3.61. The van der Waals surface area contributed by atoms with E-state index in [1.807, 2.05) is 0 Å². The van der Waals surface area contributed by atoms with Crippen molar-refractivity contribution >= 4 is 0 Å². The van der Waals surface area contributed by atoms with Crippen LogP contribution in [0.1, 0.15) is 30.1 Å². The Morgan fingerprint density at radius 3 is 3.00 bits per heavy atom. The first kappa shape index (κ1) is 9.71. The molecule has 1 aliphatic rings. The van der Waals surface area contributed by atoms with Crippen molar-refractivity contribution in [3.05, 3.63) is 17.2 Å². The summed E-state index contributed by atoms with van der Waals surface area (Å²) in [4.78, 5) is 4.52. The molecule has 0 radical (unpaired) electrons. The Kier molecular flexibility index (Phi) is 2.59. The van der Waals surface area contributed by atoms with E-state index in [9.17, 15) is 0 Å². The molecule has 1 aromatic rings. The van der Waals surface area contributed by atoms with E-state index in [0.717, 1.165) is 25.4 Å². The van der Waals surface area contributed by atoms with Crippen LogP contribution in [0.5, 0.6) is 0 Å². The van der Waals surface area contributed by atoms with Crippen molar-refractivity contribution in [1.29, 1.82) is 0 Å². The van der Waals surface area contributed by atoms with E-state index in [1.54, 1.807) is 0 Å². The van der Waals surface area contributed by atoms with Gasteiger partial charge in [-0.25, -0.2) is 4.98 Å². The van der Waals surface area contributed by atoms with Gasteiger partial charge in [0.2, 0.25) is 0 Å². The Hall–Kier alpha value is -0.830. The molecule has 1 aromatic heterocycles. The highest BCUT2D eigenvalue weighted by atomic mass is 15.1. The van der Waals surface area contributed by atoms with E-state index in [4.69, 9.17) is 5.73 Å². The second-order valence-electron chi connectivity index (χ2n) is 4.28. The van der Waals surface area contributed by atoms with Crippen LogP contribution in [0.25, 0.3) is 0 Å². The maximum atomic E-state index is 5.60. The number of hydrogen-bond acceptors (Lipinski definition) is 2. The Labute approximate surface area is 85.3 Å². The van der Waals surface area contributed by atoms with Gasteiger partial charge in [-0.15, -0.1) is 0 Å². The highest BCUT2D eigenvalue weighted by Crippen LogP contribution is 2.25.